The fraction of sp³-hybridized carbons (Fsp3) is 0.0233. The van der Waals surface area contributed by atoms with Crippen LogP contribution in [-0.4, -0.2) is 19.9 Å². The third kappa shape index (κ3) is 5.92. The summed E-state index contributed by atoms with van der Waals surface area (Å²) in [5.74, 6) is 1.91. The molecule has 0 unspecified atom stereocenters. The summed E-state index contributed by atoms with van der Waals surface area (Å²) in [6, 6.07) is 54.8. The molecule has 0 aliphatic carbocycles. The van der Waals surface area contributed by atoms with Crippen molar-refractivity contribution < 1.29 is 0 Å². The van der Waals surface area contributed by atoms with Crippen LogP contribution in [0.15, 0.2) is 164 Å². The topological polar surface area (TPSA) is 51.6 Å². The van der Waals surface area contributed by atoms with Gasteiger partial charge in [-0.15, -0.1) is 0 Å². The molecule has 8 rings (SSSR count). The summed E-state index contributed by atoms with van der Waals surface area (Å²) in [4.78, 5) is 19.5. The lowest BCUT2D eigenvalue weighted by molar-refractivity contribution is 1.07. The van der Waals surface area contributed by atoms with Crippen LogP contribution in [0.4, 0.5) is 0 Å². The van der Waals surface area contributed by atoms with Gasteiger partial charge in [0.25, 0.3) is 0 Å². The van der Waals surface area contributed by atoms with E-state index in [4.69, 9.17) is 15.0 Å². The zero-order chi connectivity index (χ0) is 31.6. The first-order valence-corrected chi connectivity index (χ1v) is 15.7. The molecule has 47 heavy (non-hydrogen) atoms. The van der Waals surface area contributed by atoms with Gasteiger partial charge in [-0.3, -0.25) is 4.98 Å². The second-order valence-electron chi connectivity index (χ2n) is 11.7. The predicted molar refractivity (Wildman–Crippen MR) is 192 cm³/mol. The Morgan fingerprint density at radius 1 is 0.319 bits per heavy atom. The van der Waals surface area contributed by atoms with E-state index in [1.807, 2.05) is 79.9 Å². The van der Waals surface area contributed by atoms with E-state index >= 15 is 0 Å². The van der Waals surface area contributed by atoms with Crippen molar-refractivity contribution in [1.82, 2.24) is 19.9 Å². The number of pyridine rings is 1. The fourth-order valence-electron chi connectivity index (χ4n) is 5.89. The highest BCUT2D eigenvalue weighted by atomic mass is 15.0. The number of aryl methyl sites for hydroxylation is 1. The zero-order valence-electron chi connectivity index (χ0n) is 25.9. The summed E-state index contributed by atoms with van der Waals surface area (Å²) < 4.78 is 0. The number of fused-ring (bicyclic) bond motifs is 1. The number of rotatable bonds is 6. The molecule has 0 saturated heterocycles. The molecule has 0 spiro atoms. The monoisotopic (exact) mass is 602 g/mol. The van der Waals surface area contributed by atoms with Crippen molar-refractivity contribution in [3.8, 4) is 67.5 Å². The van der Waals surface area contributed by atoms with E-state index in [2.05, 4.69) is 96.0 Å². The Morgan fingerprint density at radius 3 is 1.38 bits per heavy atom. The number of hydrogen-bond donors (Lipinski definition) is 0. The summed E-state index contributed by atoms with van der Waals surface area (Å²) in [6.45, 7) is 2.01. The van der Waals surface area contributed by atoms with Gasteiger partial charge in [-0.1, -0.05) is 127 Å². The van der Waals surface area contributed by atoms with Gasteiger partial charge >= 0.3 is 0 Å². The lowest BCUT2D eigenvalue weighted by atomic mass is 9.93. The van der Waals surface area contributed by atoms with Gasteiger partial charge in [0, 0.05) is 34.1 Å². The minimum absolute atomic E-state index is 0.629. The number of benzene rings is 6. The highest BCUT2D eigenvalue weighted by Gasteiger charge is 2.15. The van der Waals surface area contributed by atoms with Gasteiger partial charge in [0.1, 0.15) is 0 Å². The maximum Gasteiger partial charge on any atom is 0.164 e. The van der Waals surface area contributed by atoms with E-state index in [0.29, 0.717) is 17.5 Å². The summed E-state index contributed by atoms with van der Waals surface area (Å²) >= 11 is 0. The molecule has 6 aromatic carbocycles. The Kier molecular flexibility index (Phi) is 7.37. The number of nitrogens with zero attached hydrogens (tertiary/aromatic N) is 4. The van der Waals surface area contributed by atoms with E-state index in [1.54, 1.807) is 0 Å². The van der Waals surface area contributed by atoms with E-state index in [-0.39, 0.29) is 0 Å². The van der Waals surface area contributed by atoms with Gasteiger partial charge in [0.05, 0.1) is 0 Å². The first kappa shape index (κ1) is 28.2. The first-order valence-electron chi connectivity index (χ1n) is 15.7. The van der Waals surface area contributed by atoms with E-state index < -0.39 is 0 Å². The van der Waals surface area contributed by atoms with Crippen molar-refractivity contribution in [2.24, 2.45) is 0 Å². The van der Waals surface area contributed by atoms with Crippen LogP contribution in [-0.2, 0) is 0 Å². The molecule has 0 N–H and O–H groups in total. The molecular formula is C43H30N4. The van der Waals surface area contributed by atoms with Crippen LogP contribution in [0, 0.1) is 6.92 Å². The Balaban J connectivity index is 1.30. The molecule has 0 saturated carbocycles. The first-order chi connectivity index (χ1) is 23.2. The van der Waals surface area contributed by atoms with Crippen LogP contribution < -0.4 is 0 Å². The van der Waals surface area contributed by atoms with Gasteiger partial charge in [-0.25, -0.2) is 15.0 Å². The SMILES string of the molecule is Cc1ccc(-c2ccc(-c3cc(-c4ccc5ccccc5c4)cc(-c4nc(-c5ccccc5)nc(-c5ccccc5)n4)c3)cc2)cn1. The molecule has 2 aromatic heterocycles. The Hall–Kier alpha value is -6.26. The number of hydrogen-bond acceptors (Lipinski definition) is 4. The Labute approximate surface area is 274 Å². The minimum atomic E-state index is 0.629. The molecule has 8 aromatic rings. The van der Waals surface area contributed by atoms with Crippen LogP contribution in [0.25, 0.3) is 78.3 Å². The molecule has 4 heteroatoms. The highest BCUT2D eigenvalue weighted by Crippen LogP contribution is 2.35. The number of aromatic nitrogens is 4. The molecule has 0 radical (unpaired) electrons. The fourth-order valence-corrected chi connectivity index (χ4v) is 5.89. The summed E-state index contributed by atoms with van der Waals surface area (Å²) in [7, 11) is 0. The van der Waals surface area contributed by atoms with Gasteiger partial charge < -0.3 is 0 Å². The highest BCUT2D eigenvalue weighted by molar-refractivity contribution is 5.89. The van der Waals surface area contributed by atoms with Crippen LogP contribution >= 0.6 is 0 Å². The normalized spacial score (nSPS) is 11.1. The van der Waals surface area contributed by atoms with Gasteiger partial charge in [-0.2, -0.15) is 0 Å². The van der Waals surface area contributed by atoms with Crippen molar-refractivity contribution in [2.45, 2.75) is 6.92 Å². The molecule has 0 bridgehead atoms. The largest absolute Gasteiger partial charge is 0.261 e. The Morgan fingerprint density at radius 2 is 0.787 bits per heavy atom. The maximum atomic E-state index is 5.05. The second kappa shape index (κ2) is 12.3. The summed E-state index contributed by atoms with van der Waals surface area (Å²) in [5.41, 5.74) is 10.5. The third-order valence-corrected chi connectivity index (χ3v) is 8.44. The lowest BCUT2D eigenvalue weighted by Crippen LogP contribution is -2.00. The van der Waals surface area contributed by atoms with Gasteiger partial charge in [-0.05, 0) is 75.8 Å². The molecule has 0 atom stereocenters. The zero-order valence-corrected chi connectivity index (χ0v) is 25.9. The molecule has 4 nitrogen and oxygen atoms in total. The molecule has 0 fully saturated rings. The maximum absolute atomic E-state index is 5.05. The molecule has 0 aliphatic rings. The third-order valence-electron chi connectivity index (χ3n) is 8.44. The van der Waals surface area contributed by atoms with Crippen molar-refractivity contribution in [3.05, 3.63) is 170 Å². The Bertz CT molecular complexity index is 2270. The predicted octanol–water partition coefficient (Wildman–Crippen LogP) is 10.7. The average molecular weight is 603 g/mol. The summed E-state index contributed by atoms with van der Waals surface area (Å²) in [6.07, 6.45) is 1.93. The standard InChI is InChI=1S/C43H30N4/c1-29-16-17-37(28-44-29)31-18-20-32(21-19-31)38-25-39(36-23-22-30-10-8-9-15-35(30)24-36)27-40(26-38)43-46-41(33-11-4-2-5-12-33)45-42(47-43)34-13-6-3-7-14-34/h2-28H,1H3. The van der Waals surface area contributed by atoms with E-state index in [1.165, 1.54) is 10.8 Å². The van der Waals surface area contributed by atoms with Gasteiger partial charge in [0.15, 0.2) is 17.5 Å². The molecular weight excluding hydrogens is 573 g/mol. The van der Waals surface area contributed by atoms with E-state index in [0.717, 1.165) is 55.8 Å². The van der Waals surface area contributed by atoms with Gasteiger partial charge in [0.2, 0.25) is 0 Å². The van der Waals surface area contributed by atoms with Crippen LogP contribution in [0.1, 0.15) is 5.69 Å². The van der Waals surface area contributed by atoms with Crippen LogP contribution in [0.3, 0.4) is 0 Å². The molecule has 2 heterocycles. The van der Waals surface area contributed by atoms with Crippen molar-refractivity contribution in [3.63, 3.8) is 0 Å². The molecule has 0 amide bonds. The van der Waals surface area contributed by atoms with Crippen molar-refractivity contribution in [1.29, 1.82) is 0 Å². The smallest absolute Gasteiger partial charge is 0.164 e. The molecule has 0 aliphatic heterocycles. The summed E-state index contributed by atoms with van der Waals surface area (Å²) in [5, 5.41) is 2.41. The lowest BCUT2D eigenvalue weighted by Gasteiger charge is -2.13. The van der Waals surface area contributed by atoms with Crippen molar-refractivity contribution >= 4 is 10.8 Å². The van der Waals surface area contributed by atoms with Crippen LogP contribution in [0.2, 0.25) is 0 Å². The van der Waals surface area contributed by atoms with Crippen molar-refractivity contribution in [2.75, 3.05) is 0 Å². The second-order valence-corrected chi connectivity index (χ2v) is 11.7. The quantitative estimate of drug-likeness (QED) is 0.190. The van der Waals surface area contributed by atoms with E-state index in [9.17, 15) is 0 Å². The minimum Gasteiger partial charge on any atom is -0.261 e. The average Bonchev–Trinajstić information content (AvgIpc) is 3.15. The van der Waals surface area contributed by atoms with Crippen LogP contribution in [0.5, 0.6) is 0 Å². The molecule has 222 valence electrons.